The van der Waals surface area contributed by atoms with Crippen molar-refractivity contribution in [3.63, 3.8) is 0 Å². The lowest BCUT2D eigenvalue weighted by molar-refractivity contribution is 0.0869. The Morgan fingerprint density at radius 2 is 1.36 bits per heavy atom. The van der Waals surface area contributed by atoms with Crippen LogP contribution in [-0.2, 0) is 8.85 Å². The molecule has 0 amide bonds. The van der Waals surface area contributed by atoms with Gasteiger partial charge in [0.15, 0.2) is 16.6 Å². The molecule has 0 rings (SSSR count). The summed E-state index contributed by atoms with van der Waals surface area (Å²) in [4.78, 5) is 0. The van der Waals surface area contributed by atoms with Crippen molar-refractivity contribution in [3.05, 3.63) is 24.3 Å². The Hall–Kier alpha value is -0.206. The molecular weight excluding hydrogens is 344 g/mol. The largest absolute Gasteiger partial charge is 0.413 e. The molecule has 0 spiro atoms. The van der Waals surface area contributed by atoms with Gasteiger partial charge < -0.3 is 14.0 Å². The zero-order valence-electron chi connectivity index (χ0n) is 18.4. The summed E-state index contributed by atoms with van der Waals surface area (Å²) in [7, 11) is -3.69. The molecular formula is C20H42O3Si2. The molecule has 0 aromatic carbocycles. The van der Waals surface area contributed by atoms with Crippen LogP contribution in [0.5, 0.6) is 0 Å². The third kappa shape index (κ3) is 7.91. The zero-order chi connectivity index (χ0) is 20.1. The van der Waals surface area contributed by atoms with Crippen molar-refractivity contribution in [2.75, 3.05) is 6.61 Å². The second-order valence-electron chi connectivity index (χ2n) is 9.86. The van der Waals surface area contributed by atoms with Crippen LogP contribution in [-0.4, -0.2) is 40.6 Å². The monoisotopic (exact) mass is 386 g/mol. The highest BCUT2D eigenvalue weighted by atomic mass is 28.4. The minimum Gasteiger partial charge on any atom is -0.413 e. The highest BCUT2D eigenvalue weighted by molar-refractivity contribution is 6.74. The molecule has 0 bridgehead atoms. The smallest absolute Gasteiger partial charge is 0.193 e. The quantitative estimate of drug-likeness (QED) is 0.417. The van der Waals surface area contributed by atoms with Gasteiger partial charge in [-0.2, -0.15) is 0 Å². The Morgan fingerprint density at radius 3 is 1.76 bits per heavy atom. The van der Waals surface area contributed by atoms with Gasteiger partial charge in [-0.1, -0.05) is 65.8 Å². The second kappa shape index (κ2) is 9.13. The molecule has 0 aromatic heterocycles. The molecule has 0 radical (unpaired) electrons. The van der Waals surface area contributed by atoms with Crippen LogP contribution in [0.25, 0.3) is 0 Å². The minimum atomic E-state index is -1.94. The zero-order valence-corrected chi connectivity index (χ0v) is 20.4. The summed E-state index contributed by atoms with van der Waals surface area (Å²) in [5.41, 5.74) is 0. The van der Waals surface area contributed by atoms with Crippen molar-refractivity contribution in [2.24, 2.45) is 0 Å². The van der Waals surface area contributed by atoms with Crippen LogP contribution in [0.15, 0.2) is 24.3 Å². The average molecular weight is 387 g/mol. The SMILES string of the molecule is C/C=C/[C@H](O[Si](C)(C)C(C)(C)C)[C@H](O)/C=C/CO[Si](C)(C)C(C)(C)C. The van der Waals surface area contributed by atoms with Gasteiger partial charge >= 0.3 is 0 Å². The maximum atomic E-state index is 10.6. The van der Waals surface area contributed by atoms with E-state index in [2.05, 4.69) is 67.7 Å². The van der Waals surface area contributed by atoms with E-state index in [0.29, 0.717) is 6.61 Å². The van der Waals surface area contributed by atoms with E-state index >= 15 is 0 Å². The highest BCUT2D eigenvalue weighted by Crippen LogP contribution is 2.38. The van der Waals surface area contributed by atoms with E-state index in [9.17, 15) is 5.11 Å². The van der Waals surface area contributed by atoms with Gasteiger partial charge in [-0.3, -0.25) is 0 Å². The van der Waals surface area contributed by atoms with Crippen molar-refractivity contribution in [2.45, 2.75) is 96.9 Å². The van der Waals surface area contributed by atoms with Crippen LogP contribution in [0.3, 0.4) is 0 Å². The van der Waals surface area contributed by atoms with Crippen LogP contribution < -0.4 is 0 Å². The topological polar surface area (TPSA) is 38.7 Å². The predicted molar refractivity (Wildman–Crippen MR) is 115 cm³/mol. The average Bonchev–Trinajstić information content (AvgIpc) is 2.40. The fourth-order valence-electron chi connectivity index (χ4n) is 1.71. The molecule has 0 aliphatic heterocycles. The molecule has 25 heavy (non-hydrogen) atoms. The molecule has 0 aromatic rings. The third-order valence-electron chi connectivity index (χ3n) is 5.64. The summed E-state index contributed by atoms with van der Waals surface area (Å²) < 4.78 is 12.5. The molecule has 0 saturated carbocycles. The molecule has 2 atom stereocenters. The second-order valence-corrected chi connectivity index (χ2v) is 19.4. The summed E-state index contributed by atoms with van der Waals surface area (Å²) in [5.74, 6) is 0. The first-order valence-corrected chi connectivity index (χ1v) is 15.2. The van der Waals surface area contributed by atoms with E-state index in [0.717, 1.165) is 0 Å². The summed E-state index contributed by atoms with van der Waals surface area (Å²) in [6.07, 6.45) is 6.66. The van der Waals surface area contributed by atoms with Crippen molar-refractivity contribution in [1.29, 1.82) is 0 Å². The van der Waals surface area contributed by atoms with E-state index in [4.69, 9.17) is 8.85 Å². The lowest BCUT2D eigenvalue weighted by atomic mass is 10.2. The van der Waals surface area contributed by atoms with Crippen molar-refractivity contribution >= 4 is 16.6 Å². The summed E-state index contributed by atoms with van der Waals surface area (Å²) >= 11 is 0. The Labute approximate surface area is 158 Å². The minimum absolute atomic E-state index is 0.113. The highest BCUT2D eigenvalue weighted by Gasteiger charge is 2.40. The van der Waals surface area contributed by atoms with E-state index in [1.54, 1.807) is 0 Å². The first-order valence-electron chi connectivity index (χ1n) is 9.34. The molecule has 0 aliphatic rings. The summed E-state index contributed by atoms with van der Waals surface area (Å²) in [6, 6.07) is 0. The van der Waals surface area contributed by atoms with Crippen LogP contribution in [0, 0.1) is 0 Å². The number of aliphatic hydroxyl groups excluding tert-OH is 1. The fourth-order valence-corrected chi connectivity index (χ4v) is 3.90. The van der Waals surface area contributed by atoms with Crippen LogP contribution in [0.4, 0.5) is 0 Å². The maximum absolute atomic E-state index is 10.6. The Kier molecular flexibility index (Phi) is 9.06. The number of allylic oxidation sites excluding steroid dienone is 1. The Balaban J connectivity index is 4.89. The van der Waals surface area contributed by atoms with Crippen LogP contribution in [0.1, 0.15) is 48.5 Å². The van der Waals surface area contributed by atoms with Gasteiger partial charge in [0.2, 0.25) is 0 Å². The summed E-state index contributed by atoms with van der Waals surface area (Å²) in [5, 5.41) is 10.9. The molecule has 3 nitrogen and oxygen atoms in total. The third-order valence-corrected chi connectivity index (χ3v) is 14.6. The van der Waals surface area contributed by atoms with E-state index in [-0.39, 0.29) is 16.2 Å². The standard InChI is InChI=1S/C20H42O3Si2/c1-12-14-18(23-25(10,11)20(5,6)7)17(21)15-13-16-22-24(8,9)19(2,3)4/h12-15,17-18,21H,16H2,1-11H3/b14-12+,15-13+/t17-,18+/m1/s1. The lowest BCUT2D eigenvalue weighted by Gasteiger charge is -2.39. The predicted octanol–water partition coefficient (Wildman–Crippen LogP) is 5.89. The molecule has 5 heteroatoms. The van der Waals surface area contributed by atoms with E-state index in [1.807, 2.05) is 31.2 Å². The van der Waals surface area contributed by atoms with Gasteiger partial charge in [-0.05, 0) is 43.2 Å². The number of hydrogen-bond acceptors (Lipinski definition) is 3. The molecule has 0 heterocycles. The number of hydrogen-bond donors (Lipinski definition) is 1. The first-order chi connectivity index (χ1) is 11.0. The van der Waals surface area contributed by atoms with Gasteiger partial charge in [0.25, 0.3) is 0 Å². The Morgan fingerprint density at radius 1 is 0.880 bits per heavy atom. The maximum Gasteiger partial charge on any atom is 0.193 e. The van der Waals surface area contributed by atoms with E-state index in [1.165, 1.54) is 0 Å². The van der Waals surface area contributed by atoms with Gasteiger partial charge in [0, 0.05) is 0 Å². The molecule has 0 unspecified atom stereocenters. The molecule has 1 N–H and O–H groups in total. The van der Waals surface area contributed by atoms with Gasteiger partial charge in [-0.25, -0.2) is 0 Å². The van der Waals surface area contributed by atoms with Crippen LogP contribution >= 0.6 is 0 Å². The van der Waals surface area contributed by atoms with Crippen molar-refractivity contribution in [3.8, 4) is 0 Å². The van der Waals surface area contributed by atoms with Gasteiger partial charge in [0.05, 0.1) is 12.7 Å². The molecule has 0 aliphatic carbocycles. The Bertz CT molecular complexity index is 455. The first kappa shape index (κ1) is 24.8. The molecule has 0 fully saturated rings. The van der Waals surface area contributed by atoms with Crippen molar-refractivity contribution < 1.29 is 14.0 Å². The summed E-state index contributed by atoms with van der Waals surface area (Å²) in [6.45, 7) is 24.7. The normalized spacial score (nSPS) is 17.4. The van der Waals surface area contributed by atoms with Crippen molar-refractivity contribution in [1.82, 2.24) is 0 Å². The van der Waals surface area contributed by atoms with Gasteiger partial charge in [-0.15, -0.1) is 0 Å². The fraction of sp³-hybridized carbons (Fsp3) is 0.800. The van der Waals surface area contributed by atoms with E-state index < -0.39 is 22.7 Å². The number of aliphatic hydroxyl groups is 1. The van der Waals surface area contributed by atoms with Crippen LogP contribution in [0.2, 0.25) is 36.3 Å². The molecule has 148 valence electrons. The lowest BCUT2D eigenvalue weighted by Crippen LogP contribution is -2.46. The molecule has 0 saturated heterocycles. The number of rotatable bonds is 8. The van der Waals surface area contributed by atoms with Gasteiger partial charge in [0.1, 0.15) is 6.10 Å².